The highest BCUT2D eigenvalue weighted by Crippen LogP contribution is 2.22. The van der Waals surface area contributed by atoms with Crippen LogP contribution in [-0.2, 0) is 26.3 Å². The molecule has 1 aromatic heterocycles. The van der Waals surface area contributed by atoms with Crippen LogP contribution in [0.4, 0.5) is 0 Å². The highest BCUT2D eigenvalue weighted by atomic mass is 32.2. The topological polar surface area (TPSA) is 96.1 Å². The zero-order valence-corrected chi connectivity index (χ0v) is 16.1. The number of aromatic amines is 1. The number of aromatic nitrogens is 1. The van der Waals surface area contributed by atoms with Crippen LogP contribution in [0.1, 0.15) is 12.5 Å². The highest BCUT2D eigenvalue weighted by Gasteiger charge is 2.25. The zero-order chi connectivity index (χ0) is 18.9. The summed E-state index contributed by atoms with van der Waals surface area (Å²) < 4.78 is 51.8. The van der Waals surface area contributed by atoms with Gasteiger partial charge in [-0.25, -0.2) is 21.6 Å². The van der Waals surface area contributed by atoms with Crippen molar-refractivity contribution in [3.8, 4) is 0 Å². The van der Waals surface area contributed by atoms with Crippen LogP contribution in [0.15, 0.2) is 64.5 Å². The lowest BCUT2D eigenvalue weighted by Gasteiger charge is -2.15. The van der Waals surface area contributed by atoms with Gasteiger partial charge in [-0.3, -0.25) is 0 Å². The van der Waals surface area contributed by atoms with Gasteiger partial charge in [-0.05, 0) is 37.1 Å². The number of H-pyrrole nitrogens is 1. The predicted molar refractivity (Wildman–Crippen MR) is 101 cm³/mol. The van der Waals surface area contributed by atoms with Crippen LogP contribution >= 0.6 is 0 Å². The third kappa shape index (κ3) is 3.82. The maximum Gasteiger partial charge on any atom is 0.242 e. The molecule has 3 aromatic rings. The first kappa shape index (κ1) is 18.6. The normalized spacial score (nSPS) is 13.8. The molecule has 8 heteroatoms. The van der Waals surface area contributed by atoms with E-state index in [9.17, 15) is 16.8 Å². The predicted octanol–water partition coefficient (Wildman–Crippen LogP) is 2.48. The standard InChI is InChI=1S/C18H20N2O4S2/c1-13(11-14-12-19-16-8-4-3-7-15(14)16)20-26(23,24)18-10-6-5-9-17(18)25(2,21)22/h3-10,12-13,19-20H,11H2,1-2H3. The Morgan fingerprint density at radius 3 is 2.27 bits per heavy atom. The van der Waals surface area contributed by atoms with E-state index >= 15 is 0 Å². The van der Waals surface area contributed by atoms with Crippen molar-refractivity contribution >= 4 is 30.8 Å². The Balaban J connectivity index is 1.86. The third-order valence-electron chi connectivity index (χ3n) is 4.10. The number of rotatable bonds is 6. The zero-order valence-electron chi connectivity index (χ0n) is 14.4. The molecule has 3 rings (SSSR count). The van der Waals surface area contributed by atoms with E-state index in [0.717, 1.165) is 22.7 Å². The summed E-state index contributed by atoms with van der Waals surface area (Å²) in [4.78, 5) is 2.73. The second-order valence-electron chi connectivity index (χ2n) is 6.30. The van der Waals surface area contributed by atoms with Gasteiger partial charge in [0.05, 0.1) is 4.90 Å². The molecule has 138 valence electrons. The molecule has 0 fully saturated rings. The van der Waals surface area contributed by atoms with E-state index in [-0.39, 0.29) is 9.79 Å². The second-order valence-corrected chi connectivity index (χ2v) is 9.97. The molecule has 0 amide bonds. The number of para-hydroxylation sites is 1. The van der Waals surface area contributed by atoms with Gasteiger partial charge in [0, 0.05) is 29.4 Å². The molecule has 26 heavy (non-hydrogen) atoms. The average molecular weight is 393 g/mol. The van der Waals surface area contributed by atoms with Crippen LogP contribution in [-0.4, -0.2) is 34.1 Å². The lowest BCUT2D eigenvalue weighted by atomic mass is 10.1. The summed E-state index contributed by atoms with van der Waals surface area (Å²) in [5, 5.41) is 1.04. The van der Waals surface area contributed by atoms with Gasteiger partial charge in [-0.15, -0.1) is 0 Å². The van der Waals surface area contributed by atoms with Crippen molar-refractivity contribution in [2.45, 2.75) is 29.2 Å². The number of sulfone groups is 1. The minimum absolute atomic E-state index is 0.202. The summed E-state index contributed by atoms with van der Waals surface area (Å²) in [7, 11) is -7.62. The SMILES string of the molecule is CC(Cc1c[nH]c2ccccc12)NS(=O)(=O)c1ccccc1S(C)(=O)=O. The summed E-state index contributed by atoms with van der Waals surface area (Å²) in [5.74, 6) is 0. The van der Waals surface area contributed by atoms with Crippen LogP contribution in [0.2, 0.25) is 0 Å². The molecule has 0 spiro atoms. The lowest BCUT2D eigenvalue weighted by Crippen LogP contribution is -2.34. The summed E-state index contributed by atoms with van der Waals surface area (Å²) in [6, 6.07) is 13.0. The molecule has 2 aromatic carbocycles. The van der Waals surface area contributed by atoms with Crippen LogP contribution in [0.25, 0.3) is 10.9 Å². The molecule has 1 heterocycles. The maximum atomic E-state index is 12.7. The van der Waals surface area contributed by atoms with Crippen molar-refractivity contribution in [3.63, 3.8) is 0 Å². The van der Waals surface area contributed by atoms with Crippen LogP contribution in [0.3, 0.4) is 0 Å². The first-order chi connectivity index (χ1) is 12.2. The minimum Gasteiger partial charge on any atom is -0.361 e. The van der Waals surface area contributed by atoms with E-state index in [0.29, 0.717) is 6.42 Å². The Labute approximate surface area is 153 Å². The van der Waals surface area contributed by atoms with Crippen molar-refractivity contribution in [1.82, 2.24) is 9.71 Å². The smallest absolute Gasteiger partial charge is 0.242 e. The van der Waals surface area contributed by atoms with Gasteiger partial charge in [0.15, 0.2) is 9.84 Å². The Bertz CT molecular complexity index is 1150. The second kappa shape index (κ2) is 6.86. The van der Waals surface area contributed by atoms with Crippen molar-refractivity contribution in [2.75, 3.05) is 6.26 Å². The Morgan fingerprint density at radius 1 is 0.962 bits per heavy atom. The van der Waals surface area contributed by atoms with Gasteiger partial charge in [0.25, 0.3) is 0 Å². The summed E-state index contributed by atoms with van der Waals surface area (Å²) in [5.41, 5.74) is 1.98. The van der Waals surface area contributed by atoms with Gasteiger partial charge in [-0.1, -0.05) is 30.3 Å². The molecule has 0 aliphatic heterocycles. The fourth-order valence-corrected chi connectivity index (χ4v) is 5.85. The van der Waals surface area contributed by atoms with Crippen LogP contribution in [0.5, 0.6) is 0 Å². The Kier molecular flexibility index (Phi) is 4.92. The number of nitrogens with one attached hydrogen (secondary N) is 2. The largest absolute Gasteiger partial charge is 0.361 e. The number of sulfonamides is 1. The van der Waals surface area contributed by atoms with Crippen LogP contribution in [0, 0.1) is 0 Å². The van der Waals surface area contributed by atoms with Gasteiger partial charge in [0.2, 0.25) is 10.0 Å². The Hall–Kier alpha value is -2.16. The quantitative estimate of drug-likeness (QED) is 0.674. The van der Waals surface area contributed by atoms with E-state index < -0.39 is 25.9 Å². The molecular weight excluding hydrogens is 372 g/mol. The summed E-state index contributed by atoms with van der Waals surface area (Å²) >= 11 is 0. The molecule has 0 saturated carbocycles. The molecule has 0 bridgehead atoms. The van der Waals surface area contributed by atoms with E-state index in [4.69, 9.17) is 0 Å². The first-order valence-electron chi connectivity index (χ1n) is 8.05. The highest BCUT2D eigenvalue weighted by molar-refractivity contribution is 7.93. The molecule has 0 aliphatic rings. The van der Waals surface area contributed by atoms with Gasteiger partial charge >= 0.3 is 0 Å². The molecular formula is C18H20N2O4S2. The van der Waals surface area contributed by atoms with Crippen molar-refractivity contribution in [1.29, 1.82) is 0 Å². The summed E-state index contributed by atoms with van der Waals surface area (Å²) in [6.07, 6.45) is 3.33. The molecule has 1 atom stereocenters. The molecule has 2 N–H and O–H groups in total. The van der Waals surface area contributed by atoms with Gasteiger partial charge in [0.1, 0.15) is 4.90 Å². The molecule has 0 saturated heterocycles. The van der Waals surface area contributed by atoms with Crippen molar-refractivity contribution < 1.29 is 16.8 Å². The van der Waals surface area contributed by atoms with Gasteiger partial charge < -0.3 is 4.98 Å². The number of hydrogen-bond donors (Lipinski definition) is 2. The van der Waals surface area contributed by atoms with E-state index in [1.54, 1.807) is 6.92 Å². The first-order valence-corrected chi connectivity index (χ1v) is 11.4. The molecule has 6 nitrogen and oxygen atoms in total. The summed E-state index contributed by atoms with van der Waals surface area (Å²) in [6.45, 7) is 1.75. The van der Waals surface area contributed by atoms with Crippen molar-refractivity contribution in [3.05, 3.63) is 60.3 Å². The number of benzene rings is 2. The van der Waals surface area contributed by atoms with E-state index in [1.807, 2.05) is 30.5 Å². The average Bonchev–Trinajstić information content (AvgIpc) is 2.97. The monoisotopic (exact) mass is 392 g/mol. The molecule has 0 radical (unpaired) electrons. The fraction of sp³-hybridized carbons (Fsp3) is 0.222. The number of hydrogen-bond acceptors (Lipinski definition) is 4. The molecule has 0 aliphatic carbocycles. The minimum atomic E-state index is -3.97. The van der Waals surface area contributed by atoms with E-state index in [2.05, 4.69) is 9.71 Å². The molecule has 1 unspecified atom stereocenters. The third-order valence-corrected chi connectivity index (χ3v) is 7.03. The van der Waals surface area contributed by atoms with Crippen LogP contribution < -0.4 is 4.72 Å². The Morgan fingerprint density at radius 2 is 1.58 bits per heavy atom. The fourth-order valence-electron chi connectivity index (χ4n) is 2.98. The van der Waals surface area contributed by atoms with Gasteiger partial charge in [-0.2, -0.15) is 0 Å². The number of fused-ring (bicyclic) bond motifs is 1. The van der Waals surface area contributed by atoms with Crippen molar-refractivity contribution in [2.24, 2.45) is 0 Å². The lowest BCUT2D eigenvalue weighted by molar-refractivity contribution is 0.555. The maximum absolute atomic E-state index is 12.7. The van der Waals surface area contributed by atoms with E-state index in [1.165, 1.54) is 24.3 Å².